The Morgan fingerprint density at radius 2 is 1.22 bits per heavy atom. The molecule has 1 heterocycles. The summed E-state index contributed by atoms with van der Waals surface area (Å²) in [4.78, 5) is 128. The summed E-state index contributed by atoms with van der Waals surface area (Å²) < 4.78 is 0. The number of nitrogens with zero attached hydrogens (tertiary/aromatic N) is 1. The van der Waals surface area contributed by atoms with Gasteiger partial charge in [-0.25, -0.2) is 4.79 Å². The lowest BCUT2D eigenvalue weighted by Gasteiger charge is -2.29. The summed E-state index contributed by atoms with van der Waals surface area (Å²) in [6.07, 6.45) is 0.924. The molecule has 0 unspecified atom stereocenters. The van der Waals surface area contributed by atoms with Crippen molar-refractivity contribution in [3.8, 4) is 0 Å². The van der Waals surface area contributed by atoms with E-state index < -0.39 is 133 Å². The van der Waals surface area contributed by atoms with Gasteiger partial charge >= 0.3 is 5.97 Å². The Labute approximate surface area is 447 Å². The Balaban J connectivity index is 1.73. The van der Waals surface area contributed by atoms with Gasteiger partial charge in [-0.3, -0.25) is 43.3 Å². The van der Waals surface area contributed by atoms with E-state index in [2.05, 4.69) is 52.5 Å². The van der Waals surface area contributed by atoms with Gasteiger partial charge < -0.3 is 80.0 Å². The third kappa shape index (κ3) is 20.8. The number of aromatic nitrogens is 1. The third-order valence-corrected chi connectivity index (χ3v) is 12.6. The normalized spacial score (nSPS) is 15.2. The van der Waals surface area contributed by atoms with E-state index in [1.807, 2.05) is 45.0 Å². The van der Waals surface area contributed by atoms with Crippen LogP contribution < -0.4 is 59.7 Å². The Bertz CT molecular complexity index is 2500. The summed E-state index contributed by atoms with van der Waals surface area (Å²) in [5, 5.41) is 51.3. The van der Waals surface area contributed by atoms with Gasteiger partial charge in [-0.05, 0) is 67.6 Å². The van der Waals surface area contributed by atoms with Crippen molar-refractivity contribution < 1.29 is 58.5 Å². The molecule has 10 atom stereocenters. The Morgan fingerprint density at radius 3 is 1.82 bits per heavy atom. The van der Waals surface area contributed by atoms with Gasteiger partial charge in [-0.2, -0.15) is 0 Å². The van der Waals surface area contributed by atoms with E-state index in [-0.39, 0.29) is 50.5 Å². The van der Waals surface area contributed by atoms with Crippen LogP contribution in [0.5, 0.6) is 0 Å². The molecule has 0 aliphatic carbocycles. The highest BCUT2D eigenvalue weighted by Gasteiger charge is 2.36. The van der Waals surface area contributed by atoms with Gasteiger partial charge in [0.1, 0.15) is 42.3 Å². The van der Waals surface area contributed by atoms with E-state index in [9.17, 15) is 58.5 Å². The predicted octanol–water partition coefficient (Wildman–Crippen LogP) is -1.95. The number of aromatic amines is 1. The fourth-order valence-electron chi connectivity index (χ4n) is 8.08. The quantitative estimate of drug-likeness (QED) is 0.0184. The molecule has 25 nitrogen and oxygen atoms in total. The number of hydrogen-bond acceptors (Lipinski definition) is 13. The largest absolute Gasteiger partial charge is 0.480 e. The molecule has 0 saturated carbocycles. The maximum absolute atomic E-state index is 14.1. The highest BCUT2D eigenvalue weighted by molar-refractivity contribution is 5.98. The van der Waals surface area contributed by atoms with Gasteiger partial charge in [0.25, 0.3) is 0 Å². The molecule has 2 aromatic carbocycles. The first-order chi connectivity index (χ1) is 36.4. The van der Waals surface area contributed by atoms with Crippen molar-refractivity contribution in [1.29, 1.82) is 0 Å². The summed E-state index contributed by atoms with van der Waals surface area (Å²) >= 11 is 0. The molecule has 424 valence electrons. The number of fused-ring (bicyclic) bond motifs is 1. The second kappa shape index (κ2) is 31.4. The van der Waals surface area contributed by atoms with Gasteiger partial charge in [-0.1, -0.05) is 96.5 Å². The molecule has 18 N–H and O–H groups in total. The fraction of sp³-hybridized carbons (Fsp3) is 0.538. The number of para-hydroxylation sites is 1. The number of guanidine groups is 1. The van der Waals surface area contributed by atoms with E-state index in [0.29, 0.717) is 12.0 Å². The van der Waals surface area contributed by atoms with E-state index in [1.165, 1.54) is 0 Å². The maximum atomic E-state index is 14.1. The molecule has 3 aromatic rings. The summed E-state index contributed by atoms with van der Waals surface area (Å²) in [7, 11) is 0. The highest BCUT2D eigenvalue weighted by Crippen LogP contribution is 2.19. The first-order valence-electron chi connectivity index (χ1n) is 25.7. The number of aliphatic imine (C=N–C) groups is 1. The molecular weight excluding hydrogens is 999 g/mol. The lowest BCUT2D eigenvalue weighted by molar-refractivity contribution is -0.143. The monoisotopic (exact) mass is 1080 g/mol. The maximum Gasteiger partial charge on any atom is 0.326 e. The third-order valence-electron chi connectivity index (χ3n) is 12.6. The van der Waals surface area contributed by atoms with Crippen molar-refractivity contribution in [3.05, 3.63) is 71.9 Å². The van der Waals surface area contributed by atoms with Gasteiger partial charge in [-0.15, -0.1) is 0 Å². The van der Waals surface area contributed by atoms with Crippen LogP contribution in [-0.4, -0.2) is 154 Å². The van der Waals surface area contributed by atoms with Gasteiger partial charge in [0.2, 0.25) is 47.3 Å². The number of nitrogens with one attached hydrogen (secondary N) is 9. The Morgan fingerprint density at radius 1 is 0.649 bits per heavy atom. The Kier molecular flexibility index (Phi) is 26.0. The predicted molar refractivity (Wildman–Crippen MR) is 287 cm³/mol. The minimum atomic E-state index is -1.76. The number of nitrogens with two attached hydrogens (primary N) is 3. The van der Waals surface area contributed by atoms with Crippen molar-refractivity contribution in [1.82, 2.24) is 47.5 Å². The van der Waals surface area contributed by atoms with Crippen molar-refractivity contribution in [3.63, 3.8) is 0 Å². The van der Waals surface area contributed by atoms with Crippen molar-refractivity contribution >= 4 is 70.1 Å². The van der Waals surface area contributed by atoms with Crippen LogP contribution in [0.3, 0.4) is 0 Å². The highest BCUT2D eigenvalue weighted by atomic mass is 16.4. The Hall–Kier alpha value is -7.64. The van der Waals surface area contributed by atoms with Crippen LogP contribution in [0, 0.1) is 17.8 Å². The van der Waals surface area contributed by atoms with Crippen LogP contribution in [0.2, 0.25) is 0 Å². The van der Waals surface area contributed by atoms with Crippen molar-refractivity contribution in [2.45, 2.75) is 141 Å². The molecule has 0 aliphatic heterocycles. The fourth-order valence-corrected chi connectivity index (χ4v) is 8.08. The van der Waals surface area contributed by atoms with Crippen molar-refractivity contribution in [2.24, 2.45) is 39.9 Å². The molecule has 1 aromatic heterocycles. The number of aliphatic hydroxyl groups excluding tert-OH is 2. The second-order valence-corrected chi connectivity index (χ2v) is 19.8. The topological polar surface area (TPSA) is 417 Å². The molecule has 25 heteroatoms. The first kappa shape index (κ1) is 63.7. The number of rotatable bonds is 32. The molecule has 0 bridgehead atoms. The van der Waals surface area contributed by atoms with Crippen LogP contribution in [0.15, 0.2) is 65.8 Å². The second-order valence-electron chi connectivity index (χ2n) is 19.8. The molecule has 77 heavy (non-hydrogen) atoms. The molecule has 0 spiro atoms. The van der Waals surface area contributed by atoms with E-state index in [1.54, 1.807) is 57.3 Å². The van der Waals surface area contributed by atoms with Gasteiger partial charge in [0.05, 0.1) is 25.3 Å². The number of hydrogen-bond donors (Lipinski definition) is 15. The van der Waals surface area contributed by atoms with Gasteiger partial charge in [0, 0.05) is 30.1 Å². The van der Waals surface area contributed by atoms with Crippen LogP contribution in [0.1, 0.15) is 85.3 Å². The summed E-state index contributed by atoms with van der Waals surface area (Å²) in [5.74, 6) is -9.52. The number of carboxylic acid groups (broad SMARTS) is 1. The number of H-pyrrole nitrogens is 1. The summed E-state index contributed by atoms with van der Waals surface area (Å²) in [5.41, 5.74) is 19.6. The van der Waals surface area contributed by atoms with Crippen LogP contribution in [0.4, 0.5) is 0 Å². The number of carbonyl (C=O) groups excluding carboxylic acids is 8. The number of aliphatic carboxylic acids is 1. The molecule has 8 amide bonds. The zero-order valence-electron chi connectivity index (χ0n) is 44.8. The number of amides is 8. The number of carboxylic acids is 1. The molecule has 3 rings (SSSR count). The van der Waals surface area contributed by atoms with Crippen LogP contribution >= 0.6 is 0 Å². The van der Waals surface area contributed by atoms with Crippen LogP contribution in [-0.2, 0) is 56.0 Å². The van der Waals surface area contributed by atoms with Gasteiger partial charge in [0.15, 0.2) is 5.96 Å². The lowest BCUT2D eigenvalue weighted by atomic mass is 9.96. The van der Waals surface area contributed by atoms with E-state index >= 15 is 0 Å². The molecule has 0 radical (unpaired) electrons. The first-order valence-corrected chi connectivity index (χ1v) is 25.7. The molecule has 0 fully saturated rings. The van der Waals surface area contributed by atoms with E-state index in [4.69, 9.17) is 17.2 Å². The molecule has 0 saturated heterocycles. The summed E-state index contributed by atoms with van der Waals surface area (Å²) in [6.45, 7) is 9.80. The standard InChI is InChI=1S/C52H79N13O12/c1-8-29(6)42(65-44(69)34(53)23-32-24-57-35-18-13-12-17-33(32)35)49(74)61-37(21-27(2)3)46(71)59-36(19-14-20-56-52(54)55)45(70)58-25-40(68)63-43(30(7)67)50(75)62-39(26-66)48(73)60-38(22-31-15-10-9-11-16-31)47(72)64-41(28(4)5)51(76)77/h9-13,15-18,24,27-30,34,36-39,41-43,57,66-67H,8,14,19-23,25-26,53H2,1-7H3,(H,58,70)(H,59,71)(H,60,73)(H,61,74)(H,62,75)(H,63,68)(H,64,72)(H,65,69)(H,76,77)(H4,54,55,56)/t29-,30+,34-,36-,37-,38-,39-,41-,42-,43-/m0/s1. The molecule has 0 aliphatic rings. The molecular formula is C52H79N13O12. The minimum Gasteiger partial charge on any atom is -0.480 e. The van der Waals surface area contributed by atoms with Crippen LogP contribution in [0.25, 0.3) is 10.9 Å². The lowest BCUT2D eigenvalue weighted by Crippen LogP contribution is -2.61. The van der Waals surface area contributed by atoms with Crippen molar-refractivity contribution in [2.75, 3.05) is 19.7 Å². The number of carbonyl (C=O) groups is 9. The number of benzene rings is 2. The summed E-state index contributed by atoms with van der Waals surface area (Å²) in [6, 6.07) is 5.16. The zero-order chi connectivity index (χ0) is 57.5. The zero-order valence-corrected chi connectivity index (χ0v) is 44.8. The number of aliphatic hydroxyl groups is 2. The smallest absolute Gasteiger partial charge is 0.326 e. The minimum absolute atomic E-state index is 0.0512. The SMILES string of the molecule is CC[C@H](C)[C@H](NC(=O)[C@@H](N)Cc1c[nH]c2ccccc12)C(=O)N[C@@H](CC(C)C)C(=O)N[C@@H](CCCN=C(N)N)C(=O)NCC(=O)N[C@H](C(=O)N[C@@H](CO)C(=O)N[C@@H](Cc1ccccc1)C(=O)N[C@H](C(=O)O)C(C)C)[C@@H](C)O. The average Bonchev–Trinajstić information content (AvgIpc) is 3.79. The average molecular weight is 1080 g/mol. The van der Waals surface area contributed by atoms with E-state index in [0.717, 1.165) is 23.4 Å².